The standard InChI is InChI=1S/C22H31N5O.HI/c1-4-23-22(25-13-19-7-5-17(2)6-8-19)26-15-20-9-10-21(24-14-20)27-11-12-28-18(3)16-27;/h5-10,14,18H,4,11-13,15-16H2,1-3H3,(H2,23,25,26);1H. The van der Waals surface area contributed by atoms with E-state index in [4.69, 9.17) is 9.73 Å². The number of anilines is 1. The molecule has 0 amide bonds. The smallest absolute Gasteiger partial charge is 0.191 e. The van der Waals surface area contributed by atoms with Gasteiger partial charge in [-0.3, -0.25) is 0 Å². The predicted octanol–water partition coefficient (Wildman–Crippen LogP) is 3.49. The molecule has 1 atom stereocenters. The van der Waals surface area contributed by atoms with Crippen LogP contribution in [0.1, 0.15) is 30.5 Å². The van der Waals surface area contributed by atoms with E-state index in [1.807, 2.05) is 6.20 Å². The van der Waals surface area contributed by atoms with Crippen LogP contribution in [0, 0.1) is 6.92 Å². The lowest BCUT2D eigenvalue weighted by atomic mass is 10.1. The van der Waals surface area contributed by atoms with Crippen LogP contribution < -0.4 is 15.5 Å². The summed E-state index contributed by atoms with van der Waals surface area (Å²) in [5.41, 5.74) is 3.60. The van der Waals surface area contributed by atoms with Gasteiger partial charge in [-0.15, -0.1) is 24.0 Å². The van der Waals surface area contributed by atoms with Crippen LogP contribution >= 0.6 is 24.0 Å². The van der Waals surface area contributed by atoms with E-state index in [1.165, 1.54) is 11.1 Å². The first kappa shape index (κ1) is 23.4. The summed E-state index contributed by atoms with van der Waals surface area (Å²) in [4.78, 5) is 11.6. The summed E-state index contributed by atoms with van der Waals surface area (Å²) in [7, 11) is 0. The quantitative estimate of drug-likeness (QED) is 0.355. The molecule has 29 heavy (non-hydrogen) atoms. The molecule has 7 heteroatoms. The Hall–Kier alpha value is -1.87. The fourth-order valence-electron chi connectivity index (χ4n) is 3.13. The van der Waals surface area contributed by atoms with Crippen LogP contribution in [0.5, 0.6) is 0 Å². The van der Waals surface area contributed by atoms with Gasteiger partial charge in [0.15, 0.2) is 5.96 Å². The second-order valence-corrected chi connectivity index (χ2v) is 7.19. The Morgan fingerprint density at radius 1 is 1.17 bits per heavy atom. The molecule has 2 heterocycles. The number of aromatic nitrogens is 1. The minimum Gasteiger partial charge on any atom is -0.375 e. The Bertz CT molecular complexity index is 764. The van der Waals surface area contributed by atoms with Crippen molar-refractivity contribution in [3.8, 4) is 0 Å². The summed E-state index contributed by atoms with van der Waals surface area (Å²) in [5.74, 6) is 1.82. The van der Waals surface area contributed by atoms with E-state index in [2.05, 4.69) is 77.7 Å². The fourth-order valence-corrected chi connectivity index (χ4v) is 3.13. The second kappa shape index (κ2) is 12.0. The topological polar surface area (TPSA) is 61.8 Å². The van der Waals surface area contributed by atoms with Crippen molar-refractivity contribution in [2.45, 2.75) is 40.0 Å². The maximum atomic E-state index is 5.60. The monoisotopic (exact) mass is 509 g/mol. The second-order valence-electron chi connectivity index (χ2n) is 7.19. The van der Waals surface area contributed by atoms with E-state index >= 15 is 0 Å². The van der Waals surface area contributed by atoms with Gasteiger partial charge >= 0.3 is 0 Å². The molecule has 1 aliphatic rings. The van der Waals surface area contributed by atoms with Crippen molar-refractivity contribution in [3.63, 3.8) is 0 Å². The van der Waals surface area contributed by atoms with Crippen molar-refractivity contribution >= 4 is 35.8 Å². The molecule has 2 aromatic rings. The van der Waals surface area contributed by atoms with Crippen molar-refractivity contribution in [1.29, 1.82) is 0 Å². The average molecular weight is 509 g/mol. The number of benzene rings is 1. The third kappa shape index (κ3) is 7.47. The van der Waals surface area contributed by atoms with E-state index < -0.39 is 0 Å². The highest BCUT2D eigenvalue weighted by Crippen LogP contribution is 2.15. The van der Waals surface area contributed by atoms with Gasteiger partial charge in [0.2, 0.25) is 0 Å². The summed E-state index contributed by atoms with van der Waals surface area (Å²) >= 11 is 0. The van der Waals surface area contributed by atoms with Gasteiger partial charge in [0.05, 0.1) is 19.3 Å². The van der Waals surface area contributed by atoms with Gasteiger partial charge in [-0.2, -0.15) is 0 Å². The molecule has 0 spiro atoms. The normalized spacial score (nSPS) is 16.9. The number of nitrogens with zero attached hydrogens (tertiary/aromatic N) is 3. The molecule has 0 saturated carbocycles. The number of halogens is 1. The third-order valence-corrected chi connectivity index (χ3v) is 4.72. The van der Waals surface area contributed by atoms with Crippen molar-refractivity contribution in [1.82, 2.24) is 15.6 Å². The van der Waals surface area contributed by atoms with Gasteiger partial charge in [-0.25, -0.2) is 9.98 Å². The van der Waals surface area contributed by atoms with Gasteiger partial charge in [0.1, 0.15) is 5.82 Å². The molecule has 3 rings (SSSR count). The summed E-state index contributed by atoms with van der Waals surface area (Å²) in [5, 5.41) is 6.69. The number of guanidine groups is 1. The molecule has 1 aromatic carbocycles. The van der Waals surface area contributed by atoms with Gasteiger partial charge in [0.25, 0.3) is 0 Å². The zero-order chi connectivity index (χ0) is 19.8. The highest BCUT2D eigenvalue weighted by Gasteiger charge is 2.17. The van der Waals surface area contributed by atoms with E-state index in [0.717, 1.165) is 50.1 Å². The number of aliphatic imine (C=N–C) groups is 1. The Labute approximate surface area is 191 Å². The Balaban J connectivity index is 0.00000300. The Kier molecular flexibility index (Phi) is 9.66. The average Bonchev–Trinajstić information content (AvgIpc) is 2.72. The molecule has 0 bridgehead atoms. The van der Waals surface area contributed by atoms with Gasteiger partial charge in [-0.05, 0) is 38.0 Å². The lowest BCUT2D eigenvalue weighted by Crippen LogP contribution is -2.41. The minimum absolute atomic E-state index is 0. The zero-order valence-corrected chi connectivity index (χ0v) is 19.8. The van der Waals surface area contributed by atoms with Crippen molar-refractivity contribution in [2.24, 2.45) is 4.99 Å². The predicted molar refractivity (Wildman–Crippen MR) is 130 cm³/mol. The fraction of sp³-hybridized carbons (Fsp3) is 0.455. The first-order chi connectivity index (χ1) is 13.6. The van der Waals surface area contributed by atoms with E-state index in [9.17, 15) is 0 Å². The Morgan fingerprint density at radius 2 is 1.93 bits per heavy atom. The number of nitrogens with one attached hydrogen (secondary N) is 2. The summed E-state index contributed by atoms with van der Waals surface area (Å²) in [6.07, 6.45) is 2.17. The SMILES string of the molecule is CCNC(=NCc1ccc(N2CCOC(C)C2)nc1)NCc1ccc(C)cc1.I. The largest absolute Gasteiger partial charge is 0.375 e. The van der Waals surface area contributed by atoms with Crippen LogP contribution in [0.2, 0.25) is 0 Å². The molecular weight excluding hydrogens is 477 g/mol. The molecule has 6 nitrogen and oxygen atoms in total. The van der Waals surface area contributed by atoms with Gasteiger partial charge < -0.3 is 20.3 Å². The lowest BCUT2D eigenvalue weighted by Gasteiger charge is -2.32. The van der Waals surface area contributed by atoms with Gasteiger partial charge in [0, 0.05) is 32.4 Å². The molecule has 2 N–H and O–H groups in total. The molecule has 1 aliphatic heterocycles. The maximum Gasteiger partial charge on any atom is 0.191 e. The number of hydrogen-bond donors (Lipinski definition) is 2. The summed E-state index contributed by atoms with van der Waals surface area (Å²) < 4.78 is 5.60. The molecule has 0 radical (unpaired) electrons. The number of aryl methyl sites for hydroxylation is 1. The highest BCUT2D eigenvalue weighted by atomic mass is 127. The number of pyridine rings is 1. The zero-order valence-electron chi connectivity index (χ0n) is 17.5. The van der Waals surface area contributed by atoms with Crippen LogP contribution in [-0.4, -0.2) is 43.3 Å². The first-order valence-corrected chi connectivity index (χ1v) is 10.0. The Morgan fingerprint density at radius 3 is 2.59 bits per heavy atom. The van der Waals surface area contributed by atoms with Crippen LogP contribution in [-0.2, 0) is 17.8 Å². The van der Waals surface area contributed by atoms with Gasteiger partial charge in [-0.1, -0.05) is 35.9 Å². The summed E-state index contributed by atoms with van der Waals surface area (Å²) in [6, 6.07) is 12.7. The number of hydrogen-bond acceptors (Lipinski definition) is 4. The molecule has 1 aromatic heterocycles. The van der Waals surface area contributed by atoms with E-state index in [0.29, 0.717) is 6.54 Å². The third-order valence-electron chi connectivity index (χ3n) is 4.72. The van der Waals surface area contributed by atoms with Crippen LogP contribution in [0.25, 0.3) is 0 Å². The number of morpholine rings is 1. The minimum atomic E-state index is 0. The maximum absolute atomic E-state index is 5.60. The lowest BCUT2D eigenvalue weighted by molar-refractivity contribution is 0.0529. The highest BCUT2D eigenvalue weighted by molar-refractivity contribution is 14.0. The first-order valence-electron chi connectivity index (χ1n) is 10.0. The van der Waals surface area contributed by atoms with Crippen LogP contribution in [0.4, 0.5) is 5.82 Å². The van der Waals surface area contributed by atoms with E-state index in [1.54, 1.807) is 0 Å². The molecule has 1 fully saturated rings. The number of rotatable bonds is 6. The molecule has 0 aliphatic carbocycles. The van der Waals surface area contributed by atoms with Crippen LogP contribution in [0.15, 0.2) is 47.6 Å². The van der Waals surface area contributed by atoms with Crippen molar-refractivity contribution < 1.29 is 4.74 Å². The van der Waals surface area contributed by atoms with E-state index in [-0.39, 0.29) is 30.1 Å². The molecule has 1 saturated heterocycles. The van der Waals surface area contributed by atoms with Crippen LogP contribution in [0.3, 0.4) is 0 Å². The summed E-state index contributed by atoms with van der Waals surface area (Å²) in [6.45, 7) is 11.0. The molecule has 1 unspecified atom stereocenters. The van der Waals surface area contributed by atoms with Crippen molar-refractivity contribution in [2.75, 3.05) is 31.1 Å². The number of ether oxygens (including phenoxy) is 1. The van der Waals surface area contributed by atoms with Crippen molar-refractivity contribution in [3.05, 3.63) is 59.3 Å². The molecular formula is C22H32IN5O. The molecule has 158 valence electrons.